The zero-order valence-electron chi connectivity index (χ0n) is 10.6. The lowest BCUT2D eigenvalue weighted by Gasteiger charge is -2.08. The minimum atomic E-state index is 0.517. The van der Waals surface area contributed by atoms with E-state index in [0.717, 1.165) is 57.8 Å². The smallest absolute Gasteiger partial charge is 0.0928 e. The molecule has 18 heavy (non-hydrogen) atoms. The second kappa shape index (κ2) is 8.10. The molecule has 1 saturated heterocycles. The Hall–Kier alpha value is -0.160. The molecule has 5 heteroatoms. The largest absolute Gasteiger partial charge is 0.381 e. The molecule has 0 N–H and O–H groups in total. The summed E-state index contributed by atoms with van der Waals surface area (Å²) in [4.78, 5) is 4.44. The Morgan fingerprint density at radius 2 is 2.44 bits per heavy atom. The van der Waals surface area contributed by atoms with Crippen LogP contribution >= 0.6 is 22.9 Å². The number of thiazole rings is 1. The van der Waals surface area contributed by atoms with Gasteiger partial charge in [-0.15, -0.1) is 22.9 Å². The molecule has 1 fully saturated rings. The molecule has 102 valence electrons. The van der Waals surface area contributed by atoms with E-state index >= 15 is 0 Å². The molecular formula is C13H20ClNO2S. The average molecular weight is 290 g/mol. The van der Waals surface area contributed by atoms with Gasteiger partial charge in [-0.3, -0.25) is 0 Å². The standard InChI is InChI=1S/C13H20ClNO2S/c14-7-12-10-18-13(15-12)3-1-2-5-16-8-11-4-6-17-9-11/h10-11H,1-9H2. The van der Waals surface area contributed by atoms with Crippen molar-refractivity contribution in [2.45, 2.75) is 31.6 Å². The highest BCUT2D eigenvalue weighted by molar-refractivity contribution is 7.09. The van der Waals surface area contributed by atoms with Crippen LogP contribution in [-0.4, -0.2) is 31.4 Å². The van der Waals surface area contributed by atoms with E-state index in [0.29, 0.717) is 11.8 Å². The summed E-state index contributed by atoms with van der Waals surface area (Å²) in [5.74, 6) is 1.14. The van der Waals surface area contributed by atoms with Gasteiger partial charge >= 0.3 is 0 Å². The van der Waals surface area contributed by atoms with Gasteiger partial charge in [-0.05, 0) is 25.7 Å². The van der Waals surface area contributed by atoms with E-state index in [2.05, 4.69) is 4.98 Å². The number of unbranched alkanes of at least 4 members (excludes halogenated alkanes) is 1. The molecule has 3 nitrogen and oxygen atoms in total. The highest BCUT2D eigenvalue weighted by atomic mass is 35.5. The third-order valence-corrected chi connectivity index (χ3v) is 4.27. The van der Waals surface area contributed by atoms with E-state index in [1.807, 2.05) is 5.38 Å². The van der Waals surface area contributed by atoms with Gasteiger partial charge in [0, 0.05) is 24.5 Å². The Bertz CT molecular complexity index is 339. The van der Waals surface area contributed by atoms with Crippen LogP contribution in [-0.2, 0) is 21.8 Å². The lowest BCUT2D eigenvalue weighted by molar-refractivity contribution is 0.0875. The van der Waals surface area contributed by atoms with Gasteiger partial charge in [-0.1, -0.05) is 0 Å². The summed E-state index contributed by atoms with van der Waals surface area (Å²) in [6, 6.07) is 0. The van der Waals surface area contributed by atoms with E-state index in [4.69, 9.17) is 21.1 Å². The van der Waals surface area contributed by atoms with E-state index in [9.17, 15) is 0 Å². The van der Waals surface area contributed by atoms with Crippen molar-refractivity contribution < 1.29 is 9.47 Å². The molecule has 0 radical (unpaired) electrons. The Morgan fingerprint density at radius 1 is 1.50 bits per heavy atom. The van der Waals surface area contributed by atoms with Crippen molar-refractivity contribution in [1.29, 1.82) is 0 Å². The van der Waals surface area contributed by atoms with Gasteiger partial charge in [0.15, 0.2) is 0 Å². The SMILES string of the molecule is ClCc1csc(CCCCOCC2CCOC2)n1. The van der Waals surface area contributed by atoms with Crippen LogP contribution in [0.15, 0.2) is 5.38 Å². The summed E-state index contributed by atoms with van der Waals surface area (Å²) in [5, 5.41) is 3.23. The van der Waals surface area contributed by atoms with Crippen molar-refractivity contribution >= 4 is 22.9 Å². The lowest BCUT2D eigenvalue weighted by Crippen LogP contribution is -2.10. The molecule has 0 bridgehead atoms. The van der Waals surface area contributed by atoms with Gasteiger partial charge in [-0.25, -0.2) is 4.98 Å². The predicted octanol–water partition coefficient (Wildman–Crippen LogP) is 3.26. The second-order valence-corrected chi connectivity index (χ2v) is 5.84. The molecule has 0 aromatic carbocycles. The van der Waals surface area contributed by atoms with Crippen LogP contribution in [0.25, 0.3) is 0 Å². The molecule has 1 aromatic rings. The predicted molar refractivity (Wildman–Crippen MR) is 74.4 cm³/mol. The number of alkyl halides is 1. The van der Waals surface area contributed by atoms with E-state index in [1.165, 1.54) is 5.01 Å². The Labute approximate surface area is 117 Å². The first-order chi connectivity index (χ1) is 8.88. The highest BCUT2D eigenvalue weighted by Gasteiger charge is 2.15. The van der Waals surface area contributed by atoms with Crippen molar-refractivity contribution in [1.82, 2.24) is 4.98 Å². The number of ether oxygens (including phenoxy) is 2. The van der Waals surface area contributed by atoms with Gasteiger partial charge in [0.05, 0.1) is 29.8 Å². The fourth-order valence-electron chi connectivity index (χ4n) is 1.97. The molecule has 2 heterocycles. The summed E-state index contributed by atoms with van der Waals surface area (Å²) >= 11 is 7.42. The summed E-state index contributed by atoms with van der Waals surface area (Å²) in [6.07, 6.45) is 4.43. The Morgan fingerprint density at radius 3 is 3.17 bits per heavy atom. The molecule has 1 atom stereocenters. The van der Waals surface area contributed by atoms with Crippen molar-refractivity contribution in [2.24, 2.45) is 5.92 Å². The zero-order chi connectivity index (χ0) is 12.6. The number of aryl methyl sites for hydroxylation is 1. The number of aromatic nitrogens is 1. The lowest BCUT2D eigenvalue weighted by atomic mass is 10.1. The summed E-state index contributed by atoms with van der Waals surface area (Å²) in [5.41, 5.74) is 0.995. The molecule has 0 saturated carbocycles. The fraction of sp³-hybridized carbons (Fsp3) is 0.769. The first-order valence-electron chi connectivity index (χ1n) is 6.53. The van der Waals surface area contributed by atoms with Crippen LogP contribution in [0.5, 0.6) is 0 Å². The van der Waals surface area contributed by atoms with E-state index in [-0.39, 0.29) is 0 Å². The molecular weight excluding hydrogens is 270 g/mol. The first-order valence-corrected chi connectivity index (χ1v) is 7.94. The second-order valence-electron chi connectivity index (χ2n) is 4.63. The van der Waals surface area contributed by atoms with Crippen molar-refractivity contribution in [3.8, 4) is 0 Å². The van der Waals surface area contributed by atoms with E-state index < -0.39 is 0 Å². The summed E-state index contributed by atoms with van der Waals surface area (Å²) in [7, 11) is 0. The van der Waals surface area contributed by atoms with Crippen LogP contribution in [0, 0.1) is 5.92 Å². The van der Waals surface area contributed by atoms with Crippen LogP contribution in [0.3, 0.4) is 0 Å². The summed E-state index contributed by atoms with van der Waals surface area (Å²) in [6.45, 7) is 3.49. The van der Waals surface area contributed by atoms with Crippen LogP contribution in [0.1, 0.15) is 30.0 Å². The molecule has 0 aliphatic carbocycles. The van der Waals surface area contributed by atoms with Gasteiger partial charge < -0.3 is 9.47 Å². The van der Waals surface area contributed by atoms with Gasteiger partial charge in [0.2, 0.25) is 0 Å². The monoisotopic (exact) mass is 289 g/mol. The number of hydrogen-bond acceptors (Lipinski definition) is 4. The number of nitrogens with zero attached hydrogens (tertiary/aromatic N) is 1. The van der Waals surface area contributed by atoms with Gasteiger partial charge in [0.25, 0.3) is 0 Å². The Balaban J connectivity index is 1.48. The van der Waals surface area contributed by atoms with Gasteiger partial charge in [0.1, 0.15) is 0 Å². The van der Waals surface area contributed by atoms with E-state index in [1.54, 1.807) is 11.3 Å². The van der Waals surface area contributed by atoms with Crippen LogP contribution < -0.4 is 0 Å². The summed E-state index contributed by atoms with van der Waals surface area (Å²) < 4.78 is 11.0. The number of rotatable bonds is 8. The normalized spacial score (nSPS) is 19.5. The maximum atomic E-state index is 5.72. The molecule has 1 unspecified atom stereocenters. The minimum absolute atomic E-state index is 0.517. The molecule has 1 aliphatic rings. The number of halogens is 1. The van der Waals surface area contributed by atoms with Gasteiger partial charge in [-0.2, -0.15) is 0 Å². The van der Waals surface area contributed by atoms with Crippen molar-refractivity contribution in [3.05, 3.63) is 16.1 Å². The van der Waals surface area contributed by atoms with Crippen molar-refractivity contribution in [3.63, 3.8) is 0 Å². The average Bonchev–Trinajstić information content (AvgIpc) is 3.04. The molecule has 0 spiro atoms. The van der Waals surface area contributed by atoms with Crippen molar-refractivity contribution in [2.75, 3.05) is 26.4 Å². The third-order valence-electron chi connectivity index (χ3n) is 3.04. The third kappa shape index (κ3) is 4.84. The topological polar surface area (TPSA) is 31.4 Å². The maximum Gasteiger partial charge on any atom is 0.0928 e. The molecule has 2 rings (SSSR count). The highest BCUT2D eigenvalue weighted by Crippen LogP contribution is 2.15. The zero-order valence-corrected chi connectivity index (χ0v) is 12.1. The minimum Gasteiger partial charge on any atom is -0.381 e. The first kappa shape index (κ1) is 14.3. The van der Waals surface area contributed by atoms with Crippen LogP contribution in [0.4, 0.5) is 0 Å². The molecule has 1 aliphatic heterocycles. The molecule has 0 amide bonds. The number of hydrogen-bond donors (Lipinski definition) is 0. The Kier molecular flexibility index (Phi) is 6.41. The molecule has 1 aromatic heterocycles. The quantitative estimate of drug-likeness (QED) is 0.544. The maximum absolute atomic E-state index is 5.72. The van der Waals surface area contributed by atoms with Crippen LogP contribution in [0.2, 0.25) is 0 Å². The fourth-order valence-corrected chi connectivity index (χ4v) is 3.04.